The van der Waals surface area contributed by atoms with Crippen LogP contribution in [0.4, 0.5) is 11.9 Å². The van der Waals surface area contributed by atoms with Crippen molar-refractivity contribution in [1.29, 1.82) is 0 Å². The van der Waals surface area contributed by atoms with E-state index in [0.29, 0.717) is 18.5 Å². The minimum atomic E-state index is 0.183. The summed E-state index contributed by atoms with van der Waals surface area (Å²) in [5.41, 5.74) is 5.60. The molecule has 1 aromatic rings. The molecule has 0 fully saturated rings. The van der Waals surface area contributed by atoms with Crippen LogP contribution in [0.25, 0.3) is 0 Å². The zero-order valence-electron chi connectivity index (χ0n) is 11.4. The first-order chi connectivity index (χ1) is 8.61. The number of aromatic nitrogens is 3. The molecule has 0 amide bonds. The van der Waals surface area contributed by atoms with Crippen molar-refractivity contribution in [1.82, 2.24) is 15.0 Å². The maximum Gasteiger partial charge on any atom is 0.323 e. The topological polar surface area (TPSA) is 86.0 Å². The molecule has 0 bridgehead atoms. The van der Waals surface area contributed by atoms with Crippen molar-refractivity contribution in [2.24, 2.45) is 5.92 Å². The largest absolute Gasteiger partial charge is 0.463 e. The molecule has 0 radical (unpaired) electrons. The van der Waals surface area contributed by atoms with Crippen molar-refractivity contribution in [2.75, 3.05) is 24.2 Å². The second-order valence-electron chi connectivity index (χ2n) is 4.61. The molecule has 1 heterocycles. The minimum Gasteiger partial charge on any atom is -0.463 e. The molecule has 0 aliphatic heterocycles. The number of ether oxygens (including phenoxy) is 1. The van der Waals surface area contributed by atoms with Gasteiger partial charge in [0.15, 0.2) is 0 Å². The number of anilines is 2. The van der Waals surface area contributed by atoms with Crippen LogP contribution in [0.15, 0.2) is 0 Å². The summed E-state index contributed by atoms with van der Waals surface area (Å²) in [7, 11) is 0. The third-order valence-corrected chi connectivity index (χ3v) is 2.31. The molecule has 6 nitrogen and oxygen atoms in total. The van der Waals surface area contributed by atoms with Crippen LogP contribution in [0.3, 0.4) is 0 Å². The van der Waals surface area contributed by atoms with E-state index in [-0.39, 0.29) is 12.0 Å². The van der Waals surface area contributed by atoms with E-state index in [1.165, 1.54) is 6.42 Å². The Labute approximate surface area is 108 Å². The molecule has 0 unspecified atom stereocenters. The maximum absolute atomic E-state index is 5.60. The van der Waals surface area contributed by atoms with Gasteiger partial charge in [0.2, 0.25) is 11.9 Å². The van der Waals surface area contributed by atoms with Gasteiger partial charge in [-0.3, -0.25) is 0 Å². The van der Waals surface area contributed by atoms with Gasteiger partial charge >= 0.3 is 6.01 Å². The lowest BCUT2D eigenvalue weighted by Gasteiger charge is -2.08. The molecule has 0 spiro atoms. The Morgan fingerprint density at radius 1 is 1.28 bits per heavy atom. The molecular formula is C12H23N5O. The van der Waals surface area contributed by atoms with Gasteiger partial charge in [-0.15, -0.1) is 0 Å². The number of nitrogen functional groups attached to an aromatic ring is 1. The summed E-state index contributed by atoms with van der Waals surface area (Å²) >= 11 is 0. The smallest absolute Gasteiger partial charge is 0.323 e. The molecule has 1 aromatic heterocycles. The first-order valence-corrected chi connectivity index (χ1v) is 6.50. The molecule has 18 heavy (non-hydrogen) atoms. The van der Waals surface area contributed by atoms with Gasteiger partial charge in [-0.05, 0) is 25.2 Å². The number of nitrogens with one attached hydrogen (secondary N) is 1. The van der Waals surface area contributed by atoms with Gasteiger partial charge in [0.25, 0.3) is 0 Å². The lowest BCUT2D eigenvalue weighted by molar-refractivity contribution is 0.292. The van der Waals surface area contributed by atoms with Crippen LogP contribution in [0.5, 0.6) is 6.01 Å². The molecule has 0 aromatic carbocycles. The molecule has 1 rings (SSSR count). The van der Waals surface area contributed by atoms with Crippen LogP contribution in [-0.2, 0) is 0 Å². The third kappa shape index (κ3) is 5.65. The van der Waals surface area contributed by atoms with Crippen molar-refractivity contribution >= 4 is 11.9 Å². The fourth-order valence-corrected chi connectivity index (χ4v) is 1.42. The molecule has 0 saturated heterocycles. The summed E-state index contributed by atoms with van der Waals surface area (Å²) in [6.07, 6.45) is 3.16. The van der Waals surface area contributed by atoms with Crippen molar-refractivity contribution < 1.29 is 4.74 Å². The highest BCUT2D eigenvalue weighted by molar-refractivity contribution is 5.32. The molecular weight excluding hydrogens is 230 g/mol. The Morgan fingerprint density at radius 3 is 2.72 bits per heavy atom. The number of hydrogen-bond acceptors (Lipinski definition) is 6. The molecule has 102 valence electrons. The fourth-order valence-electron chi connectivity index (χ4n) is 1.42. The summed E-state index contributed by atoms with van der Waals surface area (Å²) in [6, 6.07) is 0.288. The van der Waals surface area contributed by atoms with E-state index in [1.807, 2.05) is 6.92 Å². The van der Waals surface area contributed by atoms with E-state index in [0.717, 1.165) is 19.4 Å². The van der Waals surface area contributed by atoms with Gasteiger partial charge in [0.1, 0.15) is 0 Å². The Bertz CT molecular complexity index is 356. The number of hydrogen-bond donors (Lipinski definition) is 2. The number of rotatable bonds is 8. The van der Waals surface area contributed by atoms with E-state index in [2.05, 4.69) is 34.1 Å². The average Bonchev–Trinajstić information content (AvgIpc) is 2.31. The lowest BCUT2D eigenvalue weighted by Crippen LogP contribution is -2.11. The third-order valence-electron chi connectivity index (χ3n) is 2.31. The van der Waals surface area contributed by atoms with Crippen LogP contribution in [0.2, 0.25) is 0 Å². The van der Waals surface area contributed by atoms with Gasteiger partial charge in [0, 0.05) is 6.54 Å². The fraction of sp³-hybridized carbons (Fsp3) is 0.750. The Kier molecular flexibility index (Phi) is 6.18. The van der Waals surface area contributed by atoms with E-state index >= 15 is 0 Å². The minimum absolute atomic E-state index is 0.183. The van der Waals surface area contributed by atoms with Crippen molar-refractivity contribution in [3.8, 4) is 6.01 Å². The summed E-state index contributed by atoms with van der Waals surface area (Å²) < 4.78 is 5.34. The van der Waals surface area contributed by atoms with Crippen molar-refractivity contribution in [3.05, 3.63) is 0 Å². The number of nitrogens with zero attached hydrogens (tertiary/aromatic N) is 3. The monoisotopic (exact) mass is 253 g/mol. The van der Waals surface area contributed by atoms with Crippen LogP contribution in [-0.4, -0.2) is 28.1 Å². The molecule has 3 N–H and O–H groups in total. The Morgan fingerprint density at radius 2 is 2.06 bits per heavy atom. The average molecular weight is 253 g/mol. The molecule has 6 heteroatoms. The zero-order valence-corrected chi connectivity index (χ0v) is 11.4. The predicted molar refractivity (Wildman–Crippen MR) is 72.6 cm³/mol. The van der Waals surface area contributed by atoms with Crippen molar-refractivity contribution in [3.63, 3.8) is 0 Å². The highest BCUT2D eigenvalue weighted by Gasteiger charge is 2.04. The van der Waals surface area contributed by atoms with Gasteiger partial charge < -0.3 is 15.8 Å². The molecule has 0 atom stereocenters. The van der Waals surface area contributed by atoms with Crippen LogP contribution >= 0.6 is 0 Å². The van der Waals surface area contributed by atoms with Gasteiger partial charge in [-0.2, -0.15) is 15.0 Å². The van der Waals surface area contributed by atoms with E-state index in [1.54, 1.807) is 0 Å². The number of nitrogens with two attached hydrogens (primary N) is 1. The van der Waals surface area contributed by atoms with E-state index in [9.17, 15) is 0 Å². The van der Waals surface area contributed by atoms with Crippen LogP contribution < -0.4 is 15.8 Å². The highest BCUT2D eigenvalue weighted by Crippen LogP contribution is 2.10. The van der Waals surface area contributed by atoms with Gasteiger partial charge in [-0.25, -0.2) is 0 Å². The SMILES string of the molecule is CCCOc1nc(N)nc(NCCCC(C)C)n1. The standard InChI is InChI=1S/C12H23N5O/c1-4-8-18-12-16-10(13)15-11(17-12)14-7-5-6-9(2)3/h9H,4-8H2,1-3H3,(H3,13,14,15,16,17). The zero-order chi connectivity index (χ0) is 13.4. The summed E-state index contributed by atoms with van der Waals surface area (Å²) in [4.78, 5) is 12.1. The molecule has 0 aliphatic rings. The first-order valence-electron chi connectivity index (χ1n) is 6.50. The Hall–Kier alpha value is -1.59. The Balaban J connectivity index is 2.46. The van der Waals surface area contributed by atoms with E-state index < -0.39 is 0 Å². The normalized spacial score (nSPS) is 10.7. The van der Waals surface area contributed by atoms with Gasteiger partial charge in [-0.1, -0.05) is 20.8 Å². The second kappa shape index (κ2) is 7.68. The predicted octanol–water partition coefficient (Wildman–Crippen LogP) is 2.09. The van der Waals surface area contributed by atoms with Crippen LogP contribution in [0.1, 0.15) is 40.0 Å². The quantitative estimate of drug-likeness (QED) is 0.690. The second-order valence-corrected chi connectivity index (χ2v) is 4.61. The lowest BCUT2D eigenvalue weighted by atomic mass is 10.1. The van der Waals surface area contributed by atoms with E-state index in [4.69, 9.17) is 10.5 Å². The van der Waals surface area contributed by atoms with Gasteiger partial charge in [0.05, 0.1) is 6.61 Å². The summed E-state index contributed by atoms with van der Waals surface area (Å²) in [6.45, 7) is 7.84. The highest BCUT2D eigenvalue weighted by atomic mass is 16.5. The first kappa shape index (κ1) is 14.5. The van der Waals surface area contributed by atoms with Crippen molar-refractivity contribution in [2.45, 2.75) is 40.0 Å². The maximum atomic E-state index is 5.60. The molecule has 0 aliphatic carbocycles. The van der Waals surface area contributed by atoms with Crippen LogP contribution in [0, 0.1) is 5.92 Å². The molecule has 0 saturated carbocycles. The summed E-state index contributed by atoms with van der Waals surface area (Å²) in [5.74, 6) is 1.37. The summed E-state index contributed by atoms with van der Waals surface area (Å²) in [5, 5.41) is 3.14.